The Morgan fingerprint density at radius 1 is 0.824 bits per heavy atom. The molecule has 34 heavy (non-hydrogen) atoms. The first-order valence-electron chi connectivity index (χ1n) is 14.2. The van der Waals surface area contributed by atoms with Crippen LogP contribution in [0, 0.1) is 44.8 Å². The van der Waals surface area contributed by atoms with Gasteiger partial charge in [0.1, 0.15) is 0 Å². The van der Waals surface area contributed by atoms with Crippen LogP contribution in [0.25, 0.3) is 0 Å². The van der Waals surface area contributed by atoms with Gasteiger partial charge in [0.05, 0.1) is 17.6 Å². The number of aliphatic carboxylic acids is 1. The number of rotatable bonds is 1. The Morgan fingerprint density at radius 3 is 2.15 bits per heavy atom. The third-order valence-corrected chi connectivity index (χ3v) is 12.7. The van der Waals surface area contributed by atoms with E-state index in [-0.39, 0.29) is 33.7 Å². The lowest BCUT2D eigenvalue weighted by molar-refractivity contribution is -0.217. The van der Waals surface area contributed by atoms with E-state index in [1.54, 1.807) is 5.57 Å². The summed E-state index contributed by atoms with van der Waals surface area (Å²) in [7, 11) is 0. The Bertz CT molecular complexity index is 851. The third kappa shape index (κ3) is 3.06. The Kier molecular flexibility index (Phi) is 6.42. The maximum atomic E-state index is 12.4. The van der Waals surface area contributed by atoms with Crippen LogP contribution in [0.1, 0.15) is 113 Å². The van der Waals surface area contributed by atoms with Gasteiger partial charge in [0.15, 0.2) is 0 Å². The van der Waals surface area contributed by atoms with E-state index in [4.69, 9.17) is 0 Å². The summed E-state index contributed by atoms with van der Waals surface area (Å²) in [6.45, 7) is 15.5. The second-order valence-corrected chi connectivity index (χ2v) is 13.4. The summed E-state index contributed by atoms with van der Waals surface area (Å²) in [6.07, 6.45) is 11.5. The first-order chi connectivity index (χ1) is 15.9. The lowest BCUT2D eigenvalue weighted by Gasteiger charge is -2.71. The average Bonchev–Trinajstić information content (AvgIpc) is 2.80. The van der Waals surface area contributed by atoms with Crippen LogP contribution in [0.3, 0.4) is 0 Å². The first kappa shape index (κ1) is 26.2. The molecule has 0 aliphatic heterocycles. The summed E-state index contributed by atoms with van der Waals surface area (Å²) >= 11 is 0. The zero-order chi connectivity index (χ0) is 25.3. The molecule has 3 N–H and O–H groups in total. The van der Waals surface area contributed by atoms with E-state index in [1.165, 1.54) is 6.42 Å². The maximum Gasteiger partial charge on any atom is 0.312 e. The van der Waals surface area contributed by atoms with Gasteiger partial charge in [0.25, 0.3) is 0 Å². The van der Waals surface area contributed by atoms with E-state index < -0.39 is 17.5 Å². The van der Waals surface area contributed by atoms with Crippen molar-refractivity contribution in [2.24, 2.45) is 44.8 Å². The van der Waals surface area contributed by atoms with Crippen molar-refractivity contribution in [2.45, 2.75) is 125 Å². The van der Waals surface area contributed by atoms with Crippen molar-refractivity contribution in [1.29, 1.82) is 0 Å². The highest BCUT2D eigenvalue weighted by Crippen LogP contribution is 2.75. The molecule has 5 rings (SSSR count). The molecule has 4 heteroatoms. The molecular formula is C30H50O4. The molecule has 0 aromatic heterocycles. The lowest BCUT2D eigenvalue weighted by Crippen LogP contribution is -2.66. The fourth-order valence-corrected chi connectivity index (χ4v) is 10.2. The molecule has 0 aromatic carbocycles. The number of allylic oxidation sites excluding steroid dienone is 2. The molecule has 4 nitrogen and oxygen atoms in total. The van der Waals surface area contributed by atoms with Crippen LogP contribution in [-0.4, -0.2) is 33.5 Å². The minimum Gasteiger partial charge on any atom is -0.481 e. The summed E-state index contributed by atoms with van der Waals surface area (Å²) in [6, 6.07) is 0. The van der Waals surface area contributed by atoms with E-state index in [2.05, 4.69) is 33.8 Å². The van der Waals surface area contributed by atoms with Gasteiger partial charge in [-0.1, -0.05) is 59.6 Å². The molecule has 0 radical (unpaired) electrons. The van der Waals surface area contributed by atoms with Gasteiger partial charge >= 0.3 is 5.97 Å². The number of aliphatic hydroxyl groups excluding tert-OH is 2. The van der Waals surface area contributed by atoms with Crippen LogP contribution >= 0.6 is 0 Å². The van der Waals surface area contributed by atoms with Crippen LogP contribution in [0.15, 0.2) is 11.6 Å². The summed E-state index contributed by atoms with van der Waals surface area (Å²) in [5.74, 6) is 0.1000. The van der Waals surface area contributed by atoms with Gasteiger partial charge in [0.2, 0.25) is 0 Å². The maximum absolute atomic E-state index is 12.4. The number of aliphatic hydroxyl groups is 2. The zero-order valence-electron chi connectivity index (χ0n) is 22.8. The standard InChI is InChI=1S/C28H44O4.C2H6/c1-24-15-16-26(3)18(17(24)7-6-8-21(24)29)9-10-19-25(2)13-12-22(30)28(5,23(31)32)20(25)11-14-27(19,26)4;1-2/h9,17,19-22,29-30H,6-8,10-16H2,1-5H3,(H,31,32);1-2H3. The van der Waals surface area contributed by atoms with Crippen molar-refractivity contribution in [3.63, 3.8) is 0 Å². The molecule has 10 atom stereocenters. The van der Waals surface area contributed by atoms with Crippen molar-refractivity contribution in [2.75, 3.05) is 0 Å². The number of fused-ring (bicyclic) bond motifs is 7. The molecule has 0 saturated heterocycles. The van der Waals surface area contributed by atoms with Gasteiger partial charge in [0, 0.05) is 5.41 Å². The second-order valence-electron chi connectivity index (χ2n) is 13.4. The number of hydrogen-bond donors (Lipinski definition) is 3. The molecule has 0 aromatic rings. The van der Waals surface area contributed by atoms with Gasteiger partial charge in [-0.3, -0.25) is 4.79 Å². The van der Waals surface area contributed by atoms with E-state index in [1.807, 2.05) is 20.8 Å². The minimum atomic E-state index is -1.06. The van der Waals surface area contributed by atoms with Crippen molar-refractivity contribution < 1.29 is 20.1 Å². The van der Waals surface area contributed by atoms with Gasteiger partial charge in [-0.15, -0.1) is 0 Å². The molecule has 0 spiro atoms. The zero-order valence-corrected chi connectivity index (χ0v) is 22.8. The molecule has 5 aliphatic rings. The average molecular weight is 475 g/mol. The Morgan fingerprint density at radius 2 is 1.50 bits per heavy atom. The topological polar surface area (TPSA) is 77.8 Å². The molecule has 10 unspecified atom stereocenters. The van der Waals surface area contributed by atoms with Crippen molar-refractivity contribution in [1.82, 2.24) is 0 Å². The van der Waals surface area contributed by atoms with Crippen LogP contribution < -0.4 is 0 Å². The number of carboxylic acids is 1. The Labute approximate surface area is 207 Å². The first-order valence-corrected chi connectivity index (χ1v) is 14.2. The predicted octanol–water partition coefficient (Wildman–Crippen LogP) is 6.59. The van der Waals surface area contributed by atoms with Crippen LogP contribution in [-0.2, 0) is 4.79 Å². The molecule has 5 aliphatic carbocycles. The quantitative estimate of drug-likeness (QED) is 0.374. The highest BCUT2D eigenvalue weighted by molar-refractivity contribution is 5.76. The summed E-state index contributed by atoms with van der Waals surface area (Å²) < 4.78 is 0. The smallest absolute Gasteiger partial charge is 0.312 e. The van der Waals surface area contributed by atoms with Crippen molar-refractivity contribution >= 4 is 5.97 Å². The largest absolute Gasteiger partial charge is 0.481 e. The summed E-state index contributed by atoms with van der Waals surface area (Å²) in [4.78, 5) is 12.4. The van der Waals surface area contributed by atoms with Crippen LogP contribution in [0.2, 0.25) is 0 Å². The lowest BCUT2D eigenvalue weighted by atomic mass is 9.34. The molecule has 0 bridgehead atoms. The van der Waals surface area contributed by atoms with Gasteiger partial charge in [-0.25, -0.2) is 0 Å². The highest BCUT2D eigenvalue weighted by Gasteiger charge is 2.69. The Balaban J connectivity index is 0.00000133. The van der Waals surface area contributed by atoms with E-state index in [0.29, 0.717) is 18.3 Å². The summed E-state index contributed by atoms with van der Waals surface area (Å²) in [5.41, 5.74) is 0.733. The number of hydrogen-bond acceptors (Lipinski definition) is 3. The van der Waals surface area contributed by atoms with Crippen molar-refractivity contribution in [3.8, 4) is 0 Å². The molecule has 194 valence electrons. The molecule has 4 saturated carbocycles. The molecule has 0 heterocycles. The second kappa shape index (κ2) is 8.33. The Hall–Kier alpha value is -0.870. The molecule has 0 amide bonds. The van der Waals surface area contributed by atoms with Gasteiger partial charge in [-0.05, 0) is 98.7 Å². The van der Waals surface area contributed by atoms with E-state index in [0.717, 1.165) is 51.4 Å². The summed E-state index contributed by atoms with van der Waals surface area (Å²) in [5, 5.41) is 32.0. The molecule has 4 fully saturated rings. The van der Waals surface area contributed by atoms with Crippen LogP contribution in [0.4, 0.5) is 0 Å². The van der Waals surface area contributed by atoms with E-state index >= 15 is 0 Å². The number of carboxylic acid groups (broad SMARTS) is 1. The van der Waals surface area contributed by atoms with Crippen LogP contribution in [0.5, 0.6) is 0 Å². The van der Waals surface area contributed by atoms with Gasteiger partial charge in [-0.2, -0.15) is 0 Å². The van der Waals surface area contributed by atoms with Crippen molar-refractivity contribution in [3.05, 3.63) is 11.6 Å². The SMILES string of the molecule is CC.CC12CCC3(C)C(=CCC4C5(C)CCC(O)C(C)(C(=O)O)C5CCC43C)C1CCCC2O. The molecular weight excluding hydrogens is 424 g/mol. The fourth-order valence-electron chi connectivity index (χ4n) is 10.2. The minimum absolute atomic E-state index is 0.00468. The predicted molar refractivity (Wildman–Crippen MR) is 136 cm³/mol. The monoisotopic (exact) mass is 474 g/mol. The fraction of sp³-hybridized carbons (Fsp3) is 0.900. The third-order valence-electron chi connectivity index (χ3n) is 12.7. The normalized spacial score (nSPS) is 54.1. The number of carbonyl (C=O) groups is 1. The van der Waals surface area contributed by atoms with E-state index in [9.17, 15) is 20.1 Å². The highest BCUT2D eigenvalue weighted by atomic mass is 16.4. The van der Waals surface area contributed by atoms with Gasteiger partial charge < -0.3 is 15.3 Å².